The Labute approximate surface area is 174 Å². The van der Waals surface area contributed by atoms with E-state index in [0.717, 1.165) is 43.9 Å². The molecule has 0 saturated carbocycles. The zero-order valence-corrected chi connectivity index (χ0v) is 17.9. The summed E-state index contributed by atoms with van der Waals surface area (Å²) < 4.78 is 0. The SMILES string of the molecule is CCC(NC(=O)C1CCN(Cc2ccc(Cl)cc2)CC1)c1ccc(C)cc1C. The summed E-state index contributed by atoms with van der Waals surface area (Å²) in [5.41, 5.74) is 5.02. The first kappa shape index (κ1) is 20.9. The van der Waals surface area contributed by atoms with E-state index in [9.17, 15) is 4.79 Å². The van der Waals surface area contributed by atoms with Gasteiger partial charge in [-0.3, -0.25) is 9.69 Å². The van der Waals surface area contributed by atoms with Crippen LogP contribution < -0.4 is 5.32 Å². The molecule has 3 nitrogen and oxygen atoms in total. The van der Waals surface area contributed by atoms with Crippen LogP contribution in [0.2, 0.25) is 5.02 Å². The average Bonchev–Trinajstić information content (AvgIpc) is 2.69. The Morgan fingerprint density at radius 2 is 1.82 bits per heavy atom. The van der Waals surface area contributed by atoms with E-state index in [4.69, 9.17) is 11.6 Å². The number of rotatable bonds is 6. The second-order valence-electron chi connectivity index (χ2n) is 8.01. The Bertz CT molecular complexity index is 795. The Hall–Kier alpha value is -1.84. The predicted molar refractivity (Wildman–Crippen MR) is 117 cm³/mol. The zero-order chi connectivity index (χ0) is 20.1. The molecule has 1 aliphatic rings. The lowest BCUT2D eigenvalue weighted by molar-refractivity contribution is -0.127. The van der Waals surface area contributed by atoms with Gasteiger partial charge in [0.05, 0.1) is 6.04 Å². The van der Waals surface area contributed by atoms with Crippen molar-refractivity contribution in [2.45, 2.75) is 52.6 Å². The van der Waals surface area contributed by atoms with Gasteiger partial charge in [0.1, 0.15) is 0 Å². The third-order valence-corrected chi connectivity index (χ3v) is 6.06. The maximum absolute atomic E-state index is 12.9. The summed E-state index contributed by atoms with van der Waals surface area (Å²) in [6, 6.07) is 14.6. The van der Waals surface area contributed by atoms with Crippen LogP contribution in [0.4, 0.5) is 0 Å². The second kappa shape index (κ2) is 9.58. The van der Waals surface area contributed by atoms with Crippen LogP contribution in [0.5, 0.6) is 0 Å². The van der Waals surface area contributed by atoms with E-state index in [-0.39, 0.29) is 17.9 Å². The second-order valence-corrected chi connectivity index (χ2v) is 8.44. The quantitative estimate of drug-likeness (QED) is 0.702. The van der Waals surface area contributed by atoms with E-state index in [1.807, 2.05) is 12.1 Å². The van der Waals surface area contributed by atoms with Crippen LogP contribution in [0.25, 0.3) is 0 Å². The average molecular weight is 399 g/mol. The molecule has 0 radical (unpaired) electrons. The van der Waals surface area contributed by atoms with Gasteiger partial charge >= 0.3 is 0 Å². The van der Waals surface area contributed by atoms with E-state index in [1.165, 1.54) is 22.3 Å². The highest BCUT2D eigenvalue weighted by atomic mass is 35.5. The third kappa shape index (κ3) is 5.36. The molecule has 2 aromatic rings. The van der Waals surface area contributed by atoms with Crippen molar-refractivity contribution in [1.29, 1.82) is 0 Å². The van der Waals surface area contributed by atoms with Crippen molar-refractivity contribution in [2.75, 3.05) is 13.1 Å². The topological polar surface area (TPSA) is 32.3 Å². The van der Waals surface area contributed by atoms with Crippen molar-refractivity contribution in [3.05, 3.63) is 69.7 Å². The molecule has 0 aliphatic carbocycles. The Morgan fingerprint density at radius 1 is 1.14 bits per heavy atom. The first-order valence-corrected chi connectivity index (χ1v) is 10.7. The van der Waals surface area contributed by atoms with Crippen molar-refractivity contribution < 1.29 is 4.79 Å². The molecule has 4 heteroatoms. The number of likely N-dealkylation sites (tertiary alicyclic amines) is 1. The lowest BCUT2D eigenvalue weighted by Crippen LogP contribution is -2.41. The number of nitrogens with zero attached hydrogens (tertiary/aromatic N) is 1. The third-order valence-electron chi connectivity index (χ3n) is 5.80. The fourth-order valence-corrected chi connectivity index (χ4v) is 4.23. The van der Waals surface area contributed by atoms with Gasteiger partial charge in [-0.25, -0.2) is 0 Å². The highest BCUT2D eigenvalue weighted by Crippen LogP contribution is 2.25. The molecule has 0 spiro atoms. The van der Waals surface area contributed by atoms with Gasteiger partial charge in [0, 0.05) is 17.5 Å². The molecule has 1 fully saturated rings. The molecule has 1 amide bonds. The maximum atomic E-state index is 12.9. The highest BCUT2D eigenvalue weighted by Gasteiger charge is 2.26. The Kier molecular flexibility index (Phi) is 7.14. The molecule has 0 aromatic heterocycles. The number of benzene rings is 2. The first-order valence-electron chi connectivity index (χ1n) is 10.3. The van der Waals surface area contributed by atoms with Crippen LogP contribution in [-0.2, 0) is 11.3 Å². The van der Waals surface area contributed by atoms with E-state index in [2.05, 4.69) is 61.3 Å². The van der Waals surface area contributed by atoms with Gasteiger partial charge < -0.3 is 5.32 Å². The summed E-state index contributed by atoms with van der Waals surface area (Å²) in [7, 11) is 0. The van der Waals surface area contributed by atoms with Gasteiger partial charge in [0.15, 0.2) is 0 Å². The number of aryl methyl sites for hydroxylation is 2. The summed E-state index contributed by atoms with van der Waals surface area (Å²) in [5, 5.41) is 4.08. The van der Waals surface area contributed by atoms with Crippen molar-refractivity contribution in [3.63, 3.8) is 0 Å². The molecule has 1 heterocycles. The standard InChI is InChI=1S/C24H31ClN2O/c1-4-23(22-10-5-17(2)15-18(22)3)26-24(28)20-11-13-27(14-12-20)16-19-6-8-21(25)9-7-19/h5-10,15,20,23H,4,11-14,16H2,1-3H3,(H,26,28). The maximum Gasteiger partial charge on any atom is 0.223 e. The molecular weight excluding hydrogens is 368 g/mol. The molecule has 3 rings (SSSR count). The summed E-state index contributed by atoms with van der Waals surface area (Å²) in [4.78, 5) is 15.3. The van der Waals surface area contributed by atoms with Crippen LogP contribution in [0.1, 0.15) is 54.5 Å². The molecule has 0 bridgehead atoms. The molecular formula is C24H31ClN2O. The summed E-state index contributed by atoms with van der Waals surface area (Å²) in [6.45, 7) is 9.22. The lowest BCUT2D eigenvalue weighted by atomic mass is 9.93. The van der Waals surface area contributed by atoms with Gasteiger partial charge in [-0.2, -0.15) is 0 Å². The number of halogens is 1. The smallest absolute Gasteiger partial charge is 0.223 e. The van der Waals surface area contributed by atoms with E-state index in [1.54, 1.807) is 0 Å². The molecule has 1 aliphatic heterocycles. The lowest BCUT2D eigenvalue weighted by Gasteiger charge is -2.32. The van der Waals surface area contributed by atoms with Crippen LogP contribution in [0.15, 0.2) is 42.5 Å². The Balaban J connectivity index is 1.53. The van der Waals surface area contributed by atoms with Crippen LogP contribution in [-0.4, -0.2) is 23.9 Å². The minimum absolute atomic E-state index is 0.0974. The van der Waals surface area contributed by atoms with Gasteiger partial charge in [-0.15, -0.1) is 0 Å². The predicted octanol–water partition coefficient (Wildman–Crippen LogP) is 5.44. The van der Waals surface area contributed by atoms with Gasteiger partial charge in [-0.05, 0) is 75.0 Å². The molecule has 28 heavy (non-hydrogen) atoms. The van der Waals surface area contributed by atoms with E-state index >= 15 is 0 Å². The van der Waals surface area contributed by atoms with Gasteiger partial charge in [0.2, 0.25) is 5.91 Å². The molecule has 2 aromatic carbocycles. The largest absolute Gasteiger partial charge is 0.349 e. The van der Waals surface area contributed by atoms with E-state index < -0.39 is 0 Å². The monoisotopic (exact) mass is 398 g/mol. The van der Waals surface area contributed by atoms with Crippen LogP contribution >= 0.6 is 11.6 Å². The normalized spacial score (nSPS) is 16.7. The number of hydrogen-bond donors (Lipinski definition) is 1. The molecule has 1 atom stereocenters. The zero-order valence-electron chi connectivity index (χ0n) is 17.2. The molecule has 1 unspecified atom stereocenters. The van der Waals surface area contributed by atoms with Crippen LogP contribution in [0, 0.1) is 19.8 Å². The fourth-order valence-electron chi connectivity index (χ4n) is 4.11. The highest BCUT2D eigenvalue weighted by molar-refractivity contribution is 6.30. The summed E-state index contributed by atoms with van der Waals surface area (Å²) >= 11 is 5.97. The number of hydrogen-bond acceptors (Lipinski definition) is 2. The minimum atomic E-state index is 0.0974. The van der Waals surface area contributed by atoms with Crippen LogP contribution in [0.3, 0.4) is 0 Å². The summed E-state index contributed by atoms with van der Waals surface area (Å²) in [6.07, 6.45) is 2.75. The minimum Gasteiger partial charge on any atom is -0.349 e. The molecule has 150 valence electrons. The number of nitrogens with one attached hydrogen (secondary N) is 1. The Morgan fingerprint density at radius 3 is 2.43 bits per heavy atom. The fraction of sp³-hybridized carbons (Fsp3) is 0.458. The number of carbonyl (C=O) groups is 1. The van der Waals surface area contributed by atoms with Crippen molar-refractivity contribution in [2.24, 2.45) is 5.92 Å². The molecule has 1 N–H and O–H groups in total. The van der Waals surface area contributed by atoms with Crippen molar-refractivity contribution in [1.82, 2.24) is 10.2 Å². The number of amides is 1. The van der Waals surface area contributed by atoms with Gasteiger partial charge in [-0.1, -0.05) is 54.4 Å². The molecule has 1 saturated heterocycles. The number of piperidine rings is 1. The first-order chi connectivity index (χ1) is 13.5. The van der Waals surface area contributed by atoms with Crippen molar-refractivity contribution in [3.8, 4) is 0 Å². The van der Waals surface area contributed by atoms with Gasteiger partial charge in [0.25, 0.3) is 0 Å². The number of carbonyl (C=O) groups excluding carboxylic acids is 1. The summed E-state index contributed by atoms with van der Waals surface area (Å²) in [5.74, 6) is 0.319. The van der Waals surface area contributed by atoms with E-state index in [0.29, 0.717) is 0 Å². The van der Waals surface area contributed by atoms with Crippen molar-refractivity contribution >= 4 is 17.5 Å².